The predicted molar refractivity (Wildman–Crippen MR) is 73.9 cm³/mol. The fourth-order valence-electron chi connectivity index (χ4n) is 3.47. The van der Waals surface area contributed by atoms with E-state index in [2.05, 4.69) is 25.8 Å². The van der Waals surface area contributed by atoms with Crippen molar-refractivity contribution in [2.24, 2.45) is 23.5 Å². The first-order valence-electron chi connectivity index (χ1n) is 7.49. The smallest absolute Gasteiger partial charge is 0.0329 e. The maximum absolute atomic E-state index is 6.12. The molecule has 0 spiro atoms. The van der Waals surface area contributed by atoms with Crippen LogP contribution in [0.2, 0.25) is 0 Å². The van der Waals surface area contributed by atoms with Gasteiger partial charge < -0.3 is 5.73 Å². The Labute approximate surface area is 107 Å². The molecule has 2 saturated carbocycles. The first-order valence-corrected chi connectivity index (χ1v) is 7.49. The Morgan fingerprint density at radius 3 is 2.18 bits per heavy atom. The van der Waals surface area contributed by atoms with Crippen molar-refractivity contribution in [1.29, 1.82) is 0 Å². The third kappa shape index (κ3) is 3.03. The van der Waals surface area contributed by atoms with Crippen LogP contribution in [0.1, 0.15) is 52.4 Å². The summed E-state index contributed by atoms with van der Waals surface area (Å²) in [5.41, 5.74) is 6.44. The van der Waals surface area contributed by atoms with Gasteiger partial charge in [0.05, 0.1) is 0 Å². The van der Waals surface area contributed by atoms with Crippen LogP contribution in [-0.2, 0) is 0 Å². The van der Waals surface area contributed by atoms with Crippen LogP contribution in [-0.4, -0.2) is 30.6 Å². The zero-order valence-electron chi connectivity index (χ0n) is 11.9. The lowest BCUT2D eigenvalue weighted by atomic mass is 9.72. The van der Waals surface area contributed by atoms with Crippen LogP contribution >= 0.6 is 0 Å². The van der Waals surface area contributed by atoms with Crippen LogP contribution in [0.25, 0.3) is 0 Å². The second kappa shape index (κ2) is 5.27. The largest absolute Gasteiger partial charge is 0.329 e. The number of hydrogen-bond donors (Lipinski definition) is 1. The van der Waals surface area contributed by atoms with E-state index in [-0.39, 0.29) is 0 Å². The van der Waals surface area contributed by atoms with E-state index in [1.807, 2.05) is 0 Å². The lowest BCUT2D eigenvalue weighted by Crippen LogP contribution is -2.54. The second-order valence-electron chi connectivity index (χ2n) is 6.83. The molecule has 0 aliphatic heterocycles. The maximum Gasteiger partial charge on any atom is 0.0329 e. The molecule has 2 fully saturated rings. The molecule has 2 N–H and O–H groups in total. The Bertz CT molecular complexity index is 237. The molecule has 2 aliphatic rings. The maximum atomic E-state index is 6.12. The van der Waals surface area contributed by atoms with E-state index in [4.69, 9.17) is 5.73 Å². The SMILES string of the molecule is CC(C)C1CCC(CN)(N(C)CC2CC2)CC1. The fraction of sp³-hybridized carbons (Fsp3) is 1.00. The second-order valence-corrected chi connectivity index (χ2v) is 6.83. The molecule has 17 heavy (non-hydrogen) atoms. The van der Waals surface area contributed by atoms with Gasteiger partial charge in [0.15, 0.2) is 0 Å². The molecule has 0 aromatic heterocycles. The van der Waals surface area contributed by atoms with Crippen LogP contribution < -0.4 is 5.73 Å². The Morgan fingerprint density at radius 1 is 1.18 bits per heavy atom. The van der Waals surface area contributed by atoms with Gasteiger partial charge in [-0.3, -0.25) is 4.90 Å². The van der Waals surface area contributed by atoms with Crippen molar-refractivity contribution >= 4 is 0 Å². The van der Waals surface area contributed by atoms with Crippen LogP contribution in [0.4, 0.5) is 0 Å². The Morgan fingerprint density at radius 2 is 1.76 bits per heavy atom. The van der Waals surface area contributed by atoms with Gasteiger partial charge in [-0.25, -0.2) is 0 Å². The molecule has 0 saturated heterocycles. The average Bonchev–Trinajstić information content (AvgIpc) is 3.12. The molecule has 2 heteroatoms. The molecule has 0 aromatic carbocycles. The van der Waals surface area contributed by atoms with Gasteiger partial charge in [-0.2, -0.15) is 0 Å². The van der Waals surface area contributed by atoms with Gasteiger partial charge in [0.2, 0.25) is 0 Å². The van der Waals surface area contributed by atoms with E-state index in [1.165, 1.54) is 45.1 Å². The first-order chi connectivity index (χ1) is 8.07. The van der Waals surface area contributed by atoms with E-state index in [0.717, 1.165) is 24.3 Å². The monoisotopic (exact) mass is 238 g/mol. The van der Waals surface area contributed by atoms with E-state index in [9.17, 15) is 0 Å². The molecular formula is C15H30N2. The number of hydrogen-bond acceptors (Lipinski definition) is 2. The van der Waals surface area contributed by atoms with Crippen molar-refractivity contribution in [2.75, 3.05) is 20.1 Å². The molecule has 0 bridgehead atoms. The highest BCUT2D eigenvalue weighted by atomic mass is 15.2. The summed E-state index contributed by atoms with van der Waals surface area (Å²) in [6.45, 7) is 6.87. The highest BCUT2D eigenvalue weighted by molar-refractivity contribution is 4.96. The van der Waals surface area contributed by atoms with E-state index in [1.54, 1.807) is 0 Å². The summed E-state index contributed by atoms with van der Waals surface area (Å²) < 4.78 is 0. The number of rotatable bonds is 5. The van der Waals surface area contributed by atoms with E-state index in [0.29, 0.717) is 5.54 Å². The summed E-state index contributed by atoms with van der Waals surface area (Å²) in [6, 6.07) is 0. The summed E-state index contributed by atoms with van der Waals surface area (Å²) in [5.74, 6) is 2.76. The fourth-order valence-corrected chi connectivity index (χ4v) is 3.47. The van der Waals surface area contributed by atoms with Crippen LogP contribution in [0.5, 0.6) is 0 Å². The average molecular weight is 238 g/mol. The predicted octanol–water partition coefficient (Wildman–Crippen LogP) is 2.87. The summed E-state index contributed by atoms with van der Waals surface area (Å²) >= 11 is 0. The molecule has 0 unspecified atom stereocenters. The van der Waals surface area contributed by atoms with Crippen molar-refractivity contribution in [2.45, 2.75) is 57.9 Å². The minimum atomic E-state index is 0.327. The number of likely N-dealkylation sites (N-methyl/N-ethyl adjacent to an activating group) is 1. The minimum Gasteiger partial charge on any atom is -0.329 e. The summed E-state index contributed by atoms with van der Waals surface area (Å²) in [5, 5.41) is 0. The normalized spacial score (nSPS) is 34.6. The van der Waals surface area contributed by atoms with Gasteiger partial charge in [0.1, 0.15) is 0 Å². The Hall–Kier alpha value is -0.0800. The molecular weight excluding hydrogens is 208 g/mol. The Balaban J connectivity index is 1.91. The molecule has 0 radical (unpaired) electrons. The van der Waals surface area contributed by atoms with Crippen molar-refractivity contribution in [1.82, 2.24) is 4.90 Å². The standard InChI is InChI=1S/C15H30N2/c1-12(2)14-6-8-15(11-16,9-7-14)17(3)10-13-4-5-13/h12-14H,4-11,16H2,1-3H3. The number of nitrogens with zero attached hydrogens (tertiary/aromatic N) is 1. The summed E-state index contributed by atoms with van der Waals surface area (Å²) in [4.78, 5) is 2.60. The first kappa shape index (κ1) is 13.4. The van der Waals surface area contributed by atoms with Gasteiger partial charge in [-0.15, -0.1) is 0 Å². The molecule has 2 aliphatic carbocycles. The lowest BCUT2D eigenvalue weighted by Gasteiger charge is -2.47. The Kier molecular flexibility index (Phi) is 4.14. The van der Waals surface area contributed by atoms with E-state index < -0.39 is 0 Å². The van der Waals surface area contributed by atoms with Crippen LogP contribution in [0, 0.1) is 17.8 Å². The topological polar surface area (TPSA) is 29.3 Å². The molecule has 0 aromatic rings. The highest BCUT2D eigenvalue weighted by Crippen LogP contribution is 2.40. The lowest BCUT2D eigenvalue weighted by molar-refractivity contribution is 0.0521. The summed E-state index contributed by atoms with van der Waals surface area (Å²) in [6.07, 6.45) is 8.28. The third-order valence-electron chi connectivity index (χ3n) is 5.32. The molecule has 0 amide bonds. The van der Waals surface area contributed by atoms with Crippen molar-refractivity contribution in [3.05, 3.63) is 0 Å². The van der Waals surface area contributed by atoms with Crippen molar-refractivity contribution in [3.8, 4) is 0 Å². The van der Waals surface area contributed by atoms with Crippen molar-refractivity contribution in [3.63, 3.8) is 0 Å². The molecule has 2 nitrogen and oxygen atoms in total. The third-order valence-corrected chi connectivity index (χ3v) is 5.32. The molecule has 0 heterocycles. The van der Waals surface area contributed by atoms with Gasteiger partial charge in [0, 0.05) is 18.6 Å². The van der Waals surface area contributed by atoms with Crippen LogP contribution in [0.15, 0.2) is 0 Å². The quantitative estimate of drug-likeness (QED) is 0.798. The molecule has 0 atom stereocenters. The molecule has 2 rings (SSSR count). The van der Waals surface area contributed by atoms with Gasteiger partial charge in [-0.1, -0.05) is 13.8 Å². The zero-order chi connectivity index (χ0) is 12.5. The van der Waals surface area contributed by atoms with Crippen LogP contribution in [0.3, 0.4) is 0 Å². The minimum absolute atomic E-state index is 0.327. The van der Waals surface area contributed by atoms with Crippen molar-refractivity contribution < 1.29 is 0 Å². The van der Waals surface area contributed by atoms with E-state index >= 15 is 0 Å². The molecule has 100 valence electrons. The number of nitrogens with two attached hydrogens (primary N) is 1. The highest BCUT2D eigenvalue weighted by Gasteiger charge is 2.39. The van der Waals surface area contributed by atoms with Gasteiger partial charge in [-0.05, 0) is 63.3 Å². The van der Waals surface area contributed by atoms with Gasteiger partial charge in [0.25, 0.3) is 0 Å². The van der Waals surface area contributed by atoms with Gasteiger partial charge >= 0.3 is 0 Å². The summed E-state index contributed by atoms with van der Waals surface area (Å²) in [7, 11) is 2.31. The zero-order valence-corrected chi connectivity index (χ0v) is 11.9.